The third-order valence-electron chi connectivity index (χ3n) is 2.92. The molecule has 0 radical (unpaired) electrons. The van der Waals surface area contributed by atoms with Crippen molar-refractivity contribution in [3.8, 4) is 0 Å². The minimum Gasteiger partial charge on any atom is -0.340 e. The molecule has 0 unspecified atom stereocenters. The average molecular weight is 385 g/mol. The fourth-order valence-electron chi connectivity index (χ4n) is 1.64. The number of halogens is 1. The highest BCUT2D eigenvalue weighted by Gasteiger charge is 2.12. The highest BCUT2D eigenvalue weighted by Crippen LogP contribution is 2.22. The van der Waals surface area contributed by atoms with E-state index in [-0.39, 0.29) is 0 Å². The maximum atomic E-state index is 11.7. The molecule has 1 aromatic heterocycles. The van der Waals surface area contributed by atoms with Crippen LogP contribution in [-0.2, 0) is 10.2 Å². The summed E-state index contributed by atoms with van der Waals surface area (Å²) in [7, 11) is -0.596. The Hall–Kier alpha value is -1.64. The van der Waals surface area contributed by atoms with Gasteiger partial charge in [-0.15, -0.1) is 0 Å². The van der Waals surface area contributed by atoms with Gasteiger partial charge in [-0.3, -0.25) is 4.72 Å². The van der Waals surface area contributed by atoms with Crippen molar-refractivity contribution in [1.29, 1.82) is 0 Å². The highest BCUT2D eigenvalue weighted by atomic mass is 79.9. The summed E-state index contributed by atoms with van der Waals surface area (Å²) < 4.78 is 28.0. The van der Waals surface area contributed by atoms with Crippen molar-refractivity contribution < 1.29 is 8.42 Å². The van der Waals surface area contributed by atoms with Gasteiger partial charge in [0, 0.05) is 24.3 Å². The molecule has 2 aromatic rings. The molecule has 2 N–H and O–H groups in total. The minimum absolute atomic E-state index is 0.409. The zero-order valence-corrected chi connectivity index (χ0v) is 14.9. The third-order valence-corrected chi connectivity index (χ3v) is 5.27. The first kappa shape index (κ1) is 16.7. The third kappa shape index (κ3) is 4.19. The van der Waals surface area contributed by atoms with Crippen molar-refractivity contribution in [1.82, 2.24) is 9.29 Å². The van der Waals surface area contributed by atoms with Gasteiger partial charge in [0.1, 0.15) is 5.82 Å². The van der Waals surface area contributed by atoms with Crippen LogP contribution in [0, 0.1) is 6.92 Å². The Labute approximate surface area is 138 Å². The molecule has 0 spiro atoms. The predicted octanol–water partition coefficient (Wildman–Crippen LogP) is 3.11. The number of aromatic nitrogens is 1. The molecule has 8 heteroatoms. The van der Waals surface area contributed by atoms with Crippen LogP contribution in [0.1, 0.15) is 5.56 Å². The summed E-state index contributed by atoms with van der Waals surface area (Å²) in [6, 6.07) is 9.25. The van der Waals surface area contributed by atoms with Crippen LogP contribution in [0.4, 0.5) is 17.2 Å². The molecule has 0 saturated heterocycles. The van der Waals surface area contributed by atoms with Crippen molar-refractivity contribution in [3.63, 3.8) is 0 Å². The lowest BCUT2D eigenvalue weighted by atomic mass is 10.2. The van der Waals surface area contributed by atoms with Crippen molar-refractivity contribution >= 4 is 43.3 Å². The van der Waals surface area contributed by atoms with Gasteiger partial charge in [-0.05, 0) is 42.8 Å². The van der Waals surface area contributed by atoms with E-state index in [1.54, 1.807) is 12.1 Å². The summed E-state index contributed by atoms with van der Waals surface area (Å²) in [6.45, 7) is 2.00. The number of benzene rings is 1. The molecule has 0 atom stereocenters. The second-order valence-corrected chi connectivity index (χ2v) is 7.65. The van der Waals surface area contributed by atoms with Gasteiger partial charge in [-0.2, -0.15) is 12.7 Å². The topological polar surface area (TPSA) is 74.3 Å². The molecule has 118 valence electrons. The van der Waals surface area contributed by atoms with Crippen molar-refractivity contribution in [3.05, 3.63) is 46.6 Å². The fourth-order valence-corrected chi connectivity index (χ4v) is 2.49. The summed E-state index contributed by atoms with van der Waals surface area (Å²) in [5, 5.41) is 3.17. The maximum Gasteiger partial charge on any atom is 0.301 e. The van der Waals surface area contributed by atoms with Gasteiger partial charge in [0.25, 0.3) is 0 Å². The van der Waals surface area contributed by atoms with Crippen LogP contribution in [0.5, 0.6) is 0 Å². The van der Waals surface area contributed by atoms with Gasteiger partial charge in [-0.1, -0.05) is 15.9 Å². The first-order chi connectivity index (χ1) is 10.3. The Balaban J connectivity index is 2.10. The monoisotopic (exact) mass is 384 g/mol. The molecule has 22 heavy (non-hydrogen) atoms. The predicted molar refractivity (Wildman–Crippen MR) is 92.6 cm³/mol. The summed E-state index contributed by atoms with van der Waals surface area (Å²) >= 11 is 3.45. The van der Waals surface area contributed by atoms with Crippen LogP contribution in [-0.4, -0.2) is 31.8 Å². The van der Waals surface area contributed by atoms with Gasteiger partial charge < -0.3 is 5.32 Å². The van der Waals surface area contributed by atoms with Crippen molar-refractivity contribution in [2.75, 3.05) is 24.1 Å². The largest absolute Gasteiger partial charge is 0.340 e. The lowest BCUT2D eigenvalue weighted by Gasteiger charge is -2.13. The Bertz CT molecular complexity index is 761. The number of aryl methyl sites for hydroxylation is 1. The first-order valence-corrected chi connectivity index (χ1v) is 8.71. The summed E-state index contributed by atoms with van der Waals surface area (Å²) in [4.78, 5) is 4.20. The molecule has 0 aliphatic heterocycles. The molecule has 0 fully saturated rings. The number of hydrogen-bond donors (Lipinski definition) is 2. The highest BCUT2D eigenvalue weighted by molar-refractivity contribution is 9.10. The normalized spacial score (nSPS) is 11.5. The summed E-state index contributed by atoms with van der Waals surface area (Å²) in [5.74, 6) is 0.634. The molecule has 1 heterocycles. The van der Waals surface area contributed by atoms with Crippen LogP contribution < -0.4 is 10.0 Å². The molecule has 0 amide bonds. The fraction of sp³-hybridized carbons (Fsp3) is 0.214. The molecular weight excluding hydrogens is 368 g/mol. The molecule has 0 aliphatic carbocycles. The van der Waals surface area contributed by atoms with Crippen LogP contribution in [0.25, 0.3) is 0 Å². The van der Waals surface area contributed by atoms with E-state index in [1.807, 2.05) is 25.1 Å². The van der Waals surface area contributed by atoms with E-state index in [0.717, 1.165) is 20.0 Å². The standard InChI is InChI=1S/C14H17BrN4O2S/c1-10-8-11(4-6-13(10)15)17-14-7-5-12(9-16-14)18-22(20,21)19(2)3/h4-9,18H,1-3H3,(H,16,17). The van der Waals surface area contributed by atoms with Gasteiger partial charge in [-0.25, -0.2) is 4.98 Å². The molecule has 0 aliphatic rings. The minimum atomic E-state index is -3.52. The number of nitrogens with zero attached hydrogens (tertiary/aromatic N) is 2. The number of rotatable bonds is 5. The molecular formula is C14H17BrN4O2S. The quantitative estimate of drug-likeness (QED) is 0.830. The summed E-state index contributed by atoms with van der Waals surface area (Å²) in [5.41, 5.74) is 2.43. The van der Waals surface area contributed by atoms with E-state index >= 15 is 0 Å². The van der Waals surface area contributed by atoms with Gasteiger partial charge >= 0.3 is 10.2 Å². The second kappa shape index (κ2) is 6.64. The Morgan fingerprint density at radius 3 is 2.36 bits per heavy atom. The lowest BCUT2D eigenvalue weighted by molar-refractivity contribution is 0.527. The SMILES string of the molecule is Cc1cc(Nc2ccc(NS(=O)(=O)N(C)C)cn2)ccc1Br. The Morgan fingerprint density at radius 2 is 1.82 bits per heavy atom. The van der Waals surface area contributed by atoms with E-state index in [0.29, 0.717) is 11.5 Å². The number of hydrogen-bond acceptors (Lipinski definition) is 4. The first-order valence-electron chi connectivity index (χ1n) is 6.47. The number of nitrogens with one attached hydrogen (secondary N) is 2. The average Bonchev–Trinajstić information content (AvgIpc) is 2.44. The molecule has 1 aromatic carbocycles. The molecule has 6 nitrogen and oxygen atoms in total. The van der Waals surface area contributed by atoms with Crippen molar-refractivity contribution in [2.45, 2.75) is 6.92 Å². The molecule has 2 rings (SSSR count). The Kier molecular flexibility index (Phi) is 5.05. The zero-order valence-electron chi connectivity index (χ0n) is 12.5. The second-order valence-electron chi connectivity index (χ2n) is 4.91. The van der Waals surface area contributed by atoms with E-state index in [1.165, 1.54) is 20.3 Å². The van der Waals surface area contributed by atoms with Crippen LogP contribution in [0.3, 0.4) is 0 Å². The van der Waals surface area contributed by atoms with Crippen LogP contribution >= 0.6 is 15.9 Å². The lowest BCUT2D eigenvalue weighted by Crippen LogP contribution is -2.28. The van der Waals surface area contributed by atoms with E-state index in [9.17, 15) is 8.42 Å². The van der Waals surface area contributed by atoms with Crippen LogP contribution in [0.15, 0.2) is 41.0 Å². The van der Waals surface area contributed by atoms with E-state index < -0.39 is 10.2 Å². The Morgan fingerprint density at radius 1 is 1.14 bits per heavy atom. The van der Waals surface area contributed by atoms with E-state index in [2.05, 4.69) is 31.0 Å². The molecule has 0 bridgehead atoms. The maximum absolute atomic E-state index is 11.7. The number of pyridine rings is 1. The van der Waals surface area contributed by atoms with Gasteiger partial charge in [0.05, 0.1) is 11.9 Å². The smallest absolute Gasteiger partial charge is 0.301 e. The summed E-state index contributed by atoms with van der Waals surface area (Å²) in [6.07, 6.45) is 1.47. The number of anilines is 3. The van der Waals surface area contributed by atoms with E-state index in [4.69, 9.17) is 0 Å². The van der Waals surface area contributed by atoms with Gasteiger partial charge in [0.2, 0.25) is 0 Å². The van der Waals surface area contributed by atoms with Crippen LogP contribution in [0.2, 0.25) is 0 Å². The van der Waals surface area contributed by atoms with Gasteiger partial charge in [0.15, 0.2) is 0 Å². The zero-order chi connectivity index (χ0) is 16.3. The van der Waals surface area contributed by atoms with Crippen molar-refractivity contribution in [2.24, 2.45) is 0 Å². The molecule has 0 saturated carbocycles.